The number of hydrogen-bond donors (Lipinski definition) is 3. The van der Waals surface area contributed by atoms with Crippen LogP contribution < -0.4 is 29.6 Å². The number of carboxylic acid groups (broad SMARTS) is 2. The summed E-state index contributed by atoms with van der Waals surface area (Å²) in [6.45, 7) is 2.44. The van der Waals surface area contributed by atoms with E-state index >= 15 is 0 Å². The van der Waals surface area contributed by atoms with E-state index in [2.05, 4.69) is 0 Å². The maximum atomic E-state index is 11.1. The molecule has 19 heavy (non-hydrogen) atoms. The third-order valence-electron chi connectivity index (χ3n) is 2.52. The van der Waals surface area contributed by atoms with E-state index in [4.69, 9.17) is 14.8 Å². The third kappa shape index (κ3) is 3.54. The molecular weight excluding hydrogens is 287 g/mol. The molecule has 0 fully saturated rings. The van der Waals surface area contributed by atoms with Crippen molar-refractivity contribution in [1.29, 1.82) is 0 Å². The van der Waals surface area contributed by atoms with Gasteiger partial charge in [-0.25, -0.2) is 9.59 Å². The van der Waals surface area contributed by atoms with Crippen LogP contribution in [0.25, 0.3) is 0 Å². The zero-order valence-corrected chi connectivity index (χ0v) is 13.3. The molecule has 0 radical (unpaired) electrons. The zero-order chi connectivity index (χ0) is 14.2. The van der Waals surface area contributed by atoms with Crippen LogP contribution in [-0.4, -0.2) is 35.1 Å². The van der Waals surface area contributed by atoms with E-state index in [9.17, 15) is 18.0 Å². The van der Waals surface area contributed by atoms with Crippen LogP contribution in [0.5, 0.6) is 0 Å². The van der Waals surface area contributed by atoms with Gasteiger partial charge >= 0.3 is 41.5 Å². The Morgan fingerprint density at radius 1 is 1.11 bits per heavy atom. The van der Waals surface area contributed by atoms with E-state index in [1.165, 1.54) is 13.8 Å². The van der Waals surface area contributed by atoms with Crippen LogP contribution in [0.3, 0.4) is 0 Å². The van der Waals surface area contributed by atoms with Gasteiger partial charge in [-0.2, -0.15) is 8.42 Å². The van der Waals surface area contributed by atoms with Crippen LogP contribution in [0.4, 0.5) is 0 Å². The molecule has 0 saturated carbocycles. The first-order chi connectivity index (χ1) is 8.07. The first-order valence-electron chi connectivity index (χ1n) is 4.65. The molecule has 0 aliphatic rings. The van der Waals surface area contributed by atoms with Gasteiger partial charge in [-0.05, 0) is 31.0 Å². The van der Waals surface area contributed by atoms with E-state index in [-0.39, 0.29) is 42.1 Å². The van der Waals surface area contributed by atoms with Crippen molar-refractivity contribution in [2.75, 3.05) is 0 Å². The molecule has 0 atom stereocenters. The van der Waals surface area contributed by atoms with Gasteiger partial charge in [0.2, 0.25) is 0 Å². The van der Waals surface area contributed by atoms with Gasteiger partial charge < -0.3 is 11.6 Å². The van der Waals surface area contributed by atoms with Crippen molar-refractivity contribution >= 4 is 22.1 Å². The Morgan fingerprint density at radius 2 is 1.58 bits per heavy atom. The summed E-state index contributed by atoms with van der Waals surface area (Å²) < 4.78 is 31.1. The Morgan fingerprint density at radius 3 is 1.89 bits per heavy atom. The zero-order valence-electron chi connectivity index (χ0n) is 11.5. The van der Waals surface area contributed by atoms with E-state index in [1.54, 1.807) is 0 Å². The van der Waals surface area contributed by atoms with Gasteiger partial charge in [-0.3, -0.25) is 4.55 Å². The normalized spacial score (nSPS) is 10.7. The number of benzene rings is 1. The number of carboxylic acids is 2. The summed E-state index contributed by atoms with van der Waals surface area (Å²) >= 11 is 0. The monoisotopic (exact) mass is 298 g/mol. The molecule has 100 valence electrons. The topological polar surface area (TPSA) is 129 Å². The van der Waals surface area contributed by atoms with Crippen LogP contribution in [0.2, 0.25) is 0 Å². The molecule has 0 saturated heterocycles. The summed E-state index contributed by atoms with van der Waals surface area (Å²) in [4.78, 5) is 21.2. The number of rotatable bonds is 3. The number of hydrogen-bond acceptors (Lipinski definition) is 4. The Bertz CT molecular complexity index is 654. The predicted molar refractivity (Wildman–Crippen MR) is 60.8 cm³/mol. The SMILES string of the molecule is Cc1c(C(=O)O)cc(S(=O)(=O)O)c(C)c1C(=O)O.[H-].[Na+]. The van der Waals surface area contributed by atoms with Crippen LogP contribution in [0.1, 0.15) is 33.3 Å². The molecule has 0 amide bonds. The molecule has 1 rings (SSSR count). The molecule has 0 heterocycles. The molecule has 3 N–H and O–H groups in total. The largest absolute Gasteiger partial charge is 1.00 e. The summed E-state index contributed by atoms with van der Waals surface area (Å²) in [7, 11) is -4.69. The van der Waals surface area contributed by atoms with Crippen LogP contribution in [-0.2, 0) is 10.1 Å². The molecule has 0 bridgehead atoms. The van der Waals surface area contributed by atoms with Crippen molar-refractivity contribution in [3.8, 4) is 0 Å². The Kier molecular flexibility index (Phi) is 5.72. The first-order valence-corrected chi connectivity index (χ1v) is 6.09. The van der Waals surface area contributed by atoms with E-state index < -0.39 is 38.1 Å². The number of aromatic carboxylic acids is 2. The first kappa shape index (κ1) is 18.1. The van der Waals surface area contributed by atoms with Crippen molar-refractivity contribution in [1.82, 2.24) is 0 Å². The minimum absolute atomic E-state index is 0. The summed E-state index contributed by atoms with van der Waals surface area (Å²) in [6.07, 6.45) is 0. The van der Waals surface area contributed by atoms with Gasteiger partial charge in [0.15, 0.2) is 0 Å². The second-order valence-corrected chi connectivity index (χ2v) is 5.02. The fourth-order valence-electron chi connectivity index (χ4n) is 1.70. The maximum absolute atomic E-state index is 11.1. The van der Waals surface area contributed by atoms with Crippen molar-refractivity contribution in [2.45, 2.75) is 18.7 Å². The Labute approximate surface area is 132 Å². The van der Waals surface area contributed by atoms with Gasteiger partial charge in [0, 0.05) is 0 Å². The second-order valence-electron chi connectivity index (χ2n) is 3.63. The van der Waals surface area contributed by atoms with E-state index in [0.717, 1.165) is 6.07 Å². The standard InChI is InChI=1S/C10H10O7S.Na.H/c1-4-6(9(11)12)3-7(18(15,16)17)5(2)8(4)10(13)14;;/h3H,1-2H3,(H,11,12)(H,13,14)(H,15,16,17);;/q;+1;-1. The molecule has 0 unspecified atom stereocenters. The minimum Gasteiger partial charge on any atom is -1.00 e. The van der Waals surface area contributed by atoms with Gasteiger partial charge in [0.1, 0.15) is 0 Å². The van der Waals surface area contributed by atoms with Gasteiger partial charge in [-0.1, -0.05) is 0 Å². The summed E-state index contributed by atoms with van der Waals surface area (Å²) in [6, 6.07) is 0.745. The fourth-order valence-corrected chi connectivity index (χ4v) is 2.45. The summed E-state index contributed by atoms with van der Waals surface area (Å²) in [5.41, 5.74) is -1.19. The van der Waals surface area contributed by atoms with Gasteiger partial charge in [0.25, 0.3) is 10.1 Å². The van der Waals surface area contributed by atoms with Crippen molar-refractivity contribution in [2.24, 2.45) is 0 Å². The van der Waals surface area contributed by atoms with Crippen molar-refractivity contribution in [3.05, 3.63) is 28.3 Å². The molecule has 9 heteroatoms. The molecule has 0 aliphatic carbocycles. The van der Waals surface area contributed by atoms with Crippen LogP contribution in [0.15, 0.2) is 11.0 Å². The summed E-state index contributed by atoms with van der Waals surface area (Å²) in [5.74, 6) is -2.93. The summed E-state index contributed by atoms with van der Waals surface area (Å²) in [5, 5.41) is 17.9. The molecule has 7 nitrogen and oxygen atoms in total. The molecule has 0 aromatic heterocycles. The van der Waals surface area contributed by atoms with Crippen LogP contribution in [0, 0.1) is 13.8 Å². The van der Waals surface area contributed by atoms with Crippen LogP contribution >= 0.6 is 0 Å². The smallest absolute Gasteiger partial charge is 1.00 e. The van der Waals surface area contributed by atoms with Crippen molar-refractivity contribution in [3.63, 3.8) is 0 Å². The van der Waals surface area contributed by atoms with Gasteiger partial charge in [-0.15, -0.1) is 0 Å². The van der Waals surface area contributed by atoms with E-state index in [0.29, 0.717) is 0 Å². The average Bonchev–Trinajstić information content (AvgIpc) is 2.13. The fraction of sp³-hybridized carbons (Fsp3) is 0.200. The minimum atomic E-state index is -4.69. The molecule has 1 aromatic carbocycles. The maximum Gasteiger partial charge on any atom is 1.00 e. The molecule has 0 spiro atoms. The second kappa shape index (κ2) is 6.02. The van der Waals surface area contributed by atoms with E-state index in [1.807, 2.05) is 0 Å². The van der Waals surface area contributed by atoms with Gasteiger partial charge in [0.05, 0.1) is 16.0 Å². The average molecular weight is 298 g/mol. The van der Waals surface area contributed by atoms with Crippen molar-refractivity contribution < 1.29 is 63.8 Å². The predicted octanol–water partition coefficient (Wildman–Crippen LogP) is -1.94. The third-order valence-corrected chi connectivity index (χ3v) is 3.50. The Hall–Kier alpha value is -0.930. The quantitative estimate of drug-likeness (QED) is 0.437. The Balaban J connectivity index is 0. The number of carbonyl (C=O) groups is 2. The molecular formula is C10H11NaO7S. The molecule has 0 aliphatic heterocycles. The molecule has 1 aromatic rings.